The lowest BCUT2D eigenvalue weighted by molar-refractivity contribution is -0.137. The molecule has 0 saturated heterocycles. The van der Waals surface area contributed by atoms with Gasteiger partial charge in [0.2, 0.25) is 0 Å². The van der Waals surface area contributed by atoms with E-state index in [9.17, 15) is 9.59 Å². The third-order valence-corrected chi connectivity index (χ3v) is 1.99. The number of carbonyl (C=O) groups is 2. The smallest absolute Gasteiger partial charge is 0.323 e. The zero-order chi connectivity index (χ0) is 12.1. The Bertz CT molecular complexity index is 363. The van der Waals surface area contributed by atoms with E-state index in [0.717, 1.165) is 4.90 Å². The summed E-state index contributed by atoms with van der Waals surface area (Å²) in [5.74, 6) is -0.430. The summed E-state index contributed by atoms with van der Waals surface area (Å²) in [6.07, 6.45) is 3.23. The minimum atomic E-state index is -1.05. The number of rotatable bonds is 4. The molecule has 1 heterocycles. The van der Waals surface area contributed by atoms with Crippen molar-refractivity contribution in [2.45, 2.75) is 13.0 Å². The second kappa shape index (κ2) is 5.15. The molecule has 1 unspecified atom stereocenters. The molecule has 0 aliphatic carbocycles. The summed E-state index contributed by atoms with van der Waals surface area (Å²) in [6.45, 7) is 1.42. The molecule has 7 heteroatoms. The van der Waals surface area contributed by atoms with Crippen LogP contribution in [0.15, 0.2) is 12.4 Å². The molecule has 0 bridgehead atoms. The highest BCUT2D eigenvalue weighted by Crippen LogP contribution is 2.05. The molecule has 88 valence electrons. The zero-order valence-electron chi connectivity index (χ0n) is 9.10. The van der Waals surface area contributed by atoms with Crippen LogP contribution in [0.1, 0.15) is 18.8 Å². The minimum absolute atomic E-state index is 0.293. The molecule has 0 fully saturated rings. The number of aliphatic carboxylic acids is 1. The molecule has 7 nitrogen and oxygen atoms in total. The summed E-state index contributed by atoms with van der Waals surface area (Å²) >= 11 is 0. The lowest BCUT2D eigenvalue weighted by atomic mass is 10.3. The first kappa shape index (κ1) is 12.0. The Balaban J connectivity index is 2.48. The number of nitrogens with zero attached hydrogens (tertiary/aromatic N) is 2. The highest BCUT2D eigenvalue weighted by Gasteiger charge is 2.16. The molecule has 0 aromatic carbocycles. The van der Waals surface area contributed by atoms with Gasteiger partial charge in [-0.1, -0.05) is 0 Å². The van der Waals surface area contributed by atoms with Crippen molar-refractivity contribution in [2.24, 2.45) is 0 Å². The summed E-state index contributed by atoms with van der Waals surface area (Å²) in [6, 6.07) is -0.745. The number of imidazole rings is 1. The molecule has 2 amide bonds. The molecule has 1 aromatic heterocycles. The van der Waals surface area contributed by atoms with E-state index in [1.54, 1.807) is 19.3 Å². The van der Waals surface area contributed by atoms with Gasteiger partial charge >= 0.3 is 12.0 Å². The fraction of sp³-hybridized carbons (Fsp3) is 0.444. The molecule has 1 atom stereocenters. The van der Waals surface area contributed by atoms with Crippen LogP contribution in [-0.2, 0) is 4.79 Å². The van der Waals surface area contributed by atoms with Crippen LogP contribution in [0.4, 0.5) is 4.79 Å². The Hall–Kier alpha value is -2.05. The number of carboxylic acid groups (broad SMARTS) is 1. The Kier molecular flexibility index (Phi) is 3.87. The van der Waals surface area contributed by atoms with Gasteiger partial charge in [-0.25, -0.2) is 9.78 Å². The van der Waals surface area contributed by atoms with Crippen LogP contribution in [0.3, 0.4) is 0 Å². The van der Waals surface area contributed by atoms with Crippen LogP contribution in [0.2, 0.25) is 0 Å². The molecule has 1 aromatic rings. The largest absolute Gasteiger partial charge is 0.480 e. The van der Waals surface area contributed by atoms with Crippen molar-refractivity contribution < 1.29 is 14.7 Å². The van der Waals surface area contributed by atoms with E-state index in [1.165, 1.54) is 7.05 Å². The highest BCUT2D eigenvalue weighted by atomic mass is 16.4. The van der Waals surface area contributed by atoms with Gasteiger partial charge in [-0.2, -0.15) is 0 Å². The van der Waals surface area contributed by atoms with E-state index in [1.807, 2.05) is 0 Å². The SMILES string of the molecule is CC(NC(=O)N(C)CC(=O)O)c1ncc[nH]1. The van der Waals surface area contributed by atoms with Crippen molar-refractivity contribution in [1.29, 1.82) is 0 Å². The van der Waals surface area contributed by atoms with Crippen molar-refractivity contribution in [3.8, 4) is 0 Å². The number of H-pyrrole nitrogens is 1. The highest BCUT2D eigenvalue weighted by molar-refractivity contribution is 5.79. The number of carboxylic acids is 1. The maximum atomic E-state index is 11.5. The molecular weight excluding hydrogens is 212 g/mol. The van der Waals surface area contributed by atoms with E-state index in [0.29, 0.717) is 5.82 Å². The number of carbonyl (C=O) groups excluding carboxylic acids is 1. The summed E-state index contributed by atoms with van der Waals surface area (Å²) in [7, 11) is 1.41. The number of aromatic nitrogens is 2. The van der Waals surface area contributed by atoms with Crippen LogP contribution < -0.4 is 5.32 Å². The third-order valence-electron chi connectivity index (χ3n) is 1.99. The van der Waals surface area contributed by atoms with Gasteiger partial charge in [-0.05, 0) is 6.92 Å². The Morgan fingerprint density at radius 1 is 1.69 bits per heavy atom. The van der Waals surface area contributed by atoms with Gasteiger partial charge in [0.1, 0.15) is 12.4 Å². The molecule has 0 spiro atoms. The molecule has 16 heavy (non-hydrogen) atoms. The van der Waals surface area contributed by atoms with Crippen LogP contribution in [0.25, 0.3) is 0 Å². The van der Waals surface area contributed by atoms with E-state index < -0.39 is 12.0 Å². The van der Waals surface area contributed by atoms with Gasteiger partial charge in [0.05, 0.1) is 6.04 Å². The van der Waals surface area contributed by atoms with E-state index in [2.05, 4.69) is 15.3 Å². The van der Waals surface area contributed by atoms with Crippen LogP contribution >= 0.6 is 0 Å². The molecule has 0 aliphatic heterocycles. The number of hydrogen-bond acceptors (Lipinski definition) is 3. The monoisotopic (exact) mass is 226 g/mol. The number of amides is 2. The van der Waals surface area contributed by atoms with E-state index >= 15 is 0 Å². The molecule has 0 aliphatic rings. The molecule has 0 radical (unpaired) electrons. The summed E-state index contributed by atoms with van der Waals surface area (Å²) in [5.41, 5.74) is 0. The van der Waals surface area contributed by atoms with Crippen molar-refractivity contribution in [3.63, 3.8) is 0 Å². The normalized spacial score (nSPS) is 11.9. The predicted octanol–water partition coefficient (Wildman–Crippen LogP) is 0.197. The molecular formula is C9H14N4O3. The fourth-order valence-corrected chi connectivity index (χ4v) is 1.15. The summed E-state index contributed by atoms with van der Waals surface area (Å²) in [5, 5.41) is 11.1. The maximum absolute atomic E-state index is 11.5. The van der Waals surface area contributed by atoms with Crippen LogP contribution in [0, 0.1) is 0 Å². The van der Waals surface area contributed by atoms with E-state index in [4.69, 9.17) is 5.11 Å². The number of nitrogens with one attached hydrogen (secondary N) is 2. The quantitative estimate of drug-likeness (QED) is 0.682. The average Bonchev–Trinajstić information content (AvgIpc) is 2.68. The Labute approximate surface area is 92.5 Å². The predicted molar refractivity (Wildman–Crippen MR) is 55.8 cm³/mol. The average molecular weight is 226 g/mol. The van der Waals surface area contributed by atoms with Crippen LogP contribution in [0.5, 0.6) is 0 Å². The van der Waals surface area contributed by atoms with Gasteiger partial charge in [-0.3, -0.25) is 4.79 Å². The van der Waals surface area contributed by atoms with Gasteiger partial charge in [-0.15, -0.1) is 0 Å². The first-order chi connectivity index (χ1) is 7.50. The molecule has 0 saturated carbocycles. The first-order valence-electron chi connectivity index (χ1n) is 4.73. The first-order valence-corrected chi connectivity index (χ1v) is 4.73. The third kappa shape index (κ3) is 3.26. The van der Waals surface area contributed by atoms with Crippen molar-refractivity contribution >= 4 is 12.0 Å². The summed E-state index contributed by atoms with van der Waals surface area (Å²) < 4.78 is 0. The maximum Gasteiger partial charge on any atom is 0.323 e. The zero-order valence-corrected chi connectivity index (χ0v) is 9.10. The van der Waals surface area contributed by atoms with Gasteiger partial charge < -0.3 is 20.3 Å². The topological polar surface area (TPSA) is 98.3 Å². The number of urea groups is 1. The number of hydrogen-bond donors (Lipinski definition) is 3. The molecule has 3 N–H and O–H groups in total. The lowest BCUT2D eigenvalue weighted by Gasteiger charge is -2.18. The van der Waals surface area contributed by atoms with E-state index in [-0.39, 0.29) is 12.6 Å². The number of likely N-dealkylation sites (N-methyl/N-ethyl adjacent to an activating group) is 1. The lowest BCUT2D eigenvalue weighted by Crippen LogP contribution is -2.41. The Morgan fingerprint density at radius 3 is 2.88 bits per heavy atom. The number of aromatic amines is 1. The van der Waals surface area contributed by atoms with Gasteiger partial charge in [0.15, 0.2) is 0 Å². The van der Waals surface area contributed by atoms with Crippen molar-refractivity contribution in [1.82, 2.24) is 20.2 Å². The standard InChI is InChI=1S/C9H14N4O3/c1-6(8-10-3-4-11-8)12-9(16)13(2)5-7(14)15/h3-4,6H,5H2,1-2H3,(H,10,11)(H,12,16)(H,14,15). The van der Waals surface area contributed by atoms with Crippen LogP contribution in [-0.4, -0.2) is 45.6 Å². The second-order valence-electron chi connectivity index (χ2n) is 3.40. The van der Waals surface area contributed by atoms with Crippen molar-refractivity contribution in [2.75, 3.05) is 13.6 Å². The van der Waals surface area contributed by atoms with Crippen molar-refractivity contribution in [3.05, 3.63) is 18.2 Å². The second-order valence-corrected chi connectivity index (χ2v) is 3.40. The van der Waals surface area contributed by atoms with Gasteiger partial charge in [0.25, 0.3) is 0 Å². The molecule has 1 rings (SSSR count). The fourth-order valence-electron chi connectivity index (χ4n) is 1.15. The minimum Gasteiger partial charge on any atom is -0.480 e. The Morgan fingerprint density at radius 2 is 2.38 bits per heavy atom. The van der Waals surface area contributed by atoms with Gasteiger partial charge in [0, 0.05) is 19.4 Å². The summed E-state index contributed by atoms with van der Waals surface area (Å²) in [4.78, 5) is 29.8.